The fourth-order valence-corrected chi connectivity index (χ4v) is 5.27. The number of para-hydroxylation sites is 1. The van der Waals surface area contributed by atoms with E-state index in [1.807, 2.05) is 0 Å². The van der Waals surface area contributed by atoms with E-state index in [-0.39, 0.29) is 36.6 Å². The van der Waals surface area contributed by atoms with Crippen molar-refractivity contribution < 1.29 is 4.79 Å². The van der Waals surface area contributed by atoms with E-state index in [0.29, 0.717) is 23.8 Å². The molecule has 27 heavy (non-hydrogen) atoms. The summed E-state index contributed by atoms with van der Waals surface area (Å²) in [7, 11) is 0. The standard InChI is InChI=1S/C21H31N3O.2ClH/c22-20-16-5-4-6-17(20)12-18(11-16)21(25)23-13-15-9-10-24(14-15)19-7-2-1-3-8-19;;/h1-3,7-8,15-18,20H,4-6,9-14,22H2,(H,23,25);2*1H. The zero-order chi connectivity index (χ0) is 17.2. The van der Waals surface area contributed by atoms with Crippen LogP contribution >= 0.6 is 24.8 Å². The van der Waals surface area contributed by atoms with Crippen LogP contribution in [0.3, 0.4) is 0 Å². The fourth-order valence-electron chi connectivity index (χ4n) is 5.27. The van der Waals surface area contributed by atoms with Gasteiger partial charge in [0.25, 0.3) is 0 Å². The molecule has 2 bridgehead atoms. The summed E-state index contributed by atoms with van der Waals surface area (Å²) in [5.41, 5.74) is 7.65. The SMILES string of the molecule is Cl.Cl.NC1C2CCCC1CC(C(=O)NCC1CCN(c3ccccc3)C1)C2. The third-order valence-corrected chi connectivity index (χ3v) is 6.76. The molecule has 4 rings (SSSR count). The predicted octanol–water partition coefficient (Wildman–Crippen LogP) is 3.63. The van der Waals surface area contributed by atoms with E-state index in [9.17, 15) is 4.79 Å². The molecule has 3 atom stereocenters. The molecule has 1 saturated heterocycles. The Labute approximate surface area is 175 Å². The molecule has 152 valence electrons. The lowest BCUT2D eigenvalue weighted by Gasteiger charge is -2.43. The van der Waals surface area contributed by atoms with Gasteiger partial charge >= 0.3 is 0 Å². The van der Waals surface area contributed by atoms with Gasteiger partial charge in [-0.3, -0.25) is 4.79 Å². The maximum atomic E-state index is 12.7. The van der Waals surface area contributed by atoms with Crippen LogP contribution in [0.15, 0.2) is 30.3 Å². The number of rotatable bonds is 4. The van der Waals surface area contributed by atoms with Crippen LogP contribution in [0.2, 0.25) is 0 Å². The van der Waals surface area contributed by atoms with E-state index in [1.165, 1.54) is 24.9 Å². The lowest BCUT2D eigenvalue weighted by atomic mass is 9.65. The number of nitrogens with two attached hydrogens (primary N) is 1. The highest BCUT2D eigenvalue weighted by Crippen LogP contribution is 2.41. The number of nitrogens with zero attached hydrogens (tertiary/aromatic N) is 1. The Balaban J connectivity index is 0.00000131. The van der Waals surface area contributed by atoms with Crippen LogP contribution in [0.4, 0.5) is 5.69 Å². The molecule has 0 aromatic heterocycles. The van der Waals surface area contributed by atoms with Gasteiger partial charge in [-0.2, -0.15) is 0 Å². The van der Waals surface area contributed by atoms with Crippen LogP contribution in [0.1, 0.15) is 38.5 Å². The molecule has 4 nitrogen and oxygen atoms in total. The number of anilines is 1. The molecule has 3 unspecified atom stereocenters. The van der Waals surface area contributed by atoms with E-state index < -0.39 is 0 Å². The Morgan fingerprint density at radius 2 is 1.74 bits per heavy atom. The van der Waals surface area contributed by atoms with E-state index in [0.717, 1.165) is 38.9 Å². The summed E-state index contributed by atoms with van der Waals surface area (Å²) < 4.78 is 0. The van der Waals surface area contributed by atoms with Crippen LogP contribution in [0, 0.1) is 23.7 Å². The normalized spacial score (nSPS) is 32.2. The maximum absolute atomic E-state index is 12.7. The molecule has 1 heterocycles. The molecule has 1 aromatic rings. The second-order valence-electron chi connectivity index (χ2n) is 8.38. The minimum absolute atomic E-state index is 0. The summed E-state index contributed by atoms with van der Waals surface area (Å²) >= 11 is 0. The van der Waals surface area contributed by atoms with Crippen LogP contribution in [-0.4, -0.2) is 31.6 Å². The van der Waals surface area contributed by atoms with Gasteiger partial charge in [0.05, 0.1) is 0 Å². The number of hydrogen-bond acceptors (Lipinski definition) is 3. The van der Waals surface area contributed by atoms with E-state index in [2.05, 4.69) is 40.5 Å². The van der Waals surface area contributed by atoms with Crippen molar-refractivity contribution in [3.63, 3.8) is 0 Å². The summed E-state index contributed by atoms with van der Waals surface area (Å²) in [6.07, 6.45) is 6.91. The molecular formula is C21H33Cl2N3O. The first-order chi connectivity index (χ1) is 12.2. The minimum atomic E-state index is 0. The lowest BCUT2D eigenvalue weighted by Crippen LogP contribution is -2.49. The molecular weight excluding hydrogens is 381 g/mol. The van der Waals surface area contributed by atoms with Crippen molar-refractivity contribution in [2.75, 3.05) is 24.5 Å². The van der Waals surface area contributed by atoms with Crippen LogP contribution < -0.4 is 16.0 Å². The number of fused-ring (bicyclic) bond motifs is 2. The van der Waals surface area contributed by atoms with Crippen molar-refractivity contribution in [2.24, 2.45) is 29.4 Å². The van der Waals surface area contributed by atoms with Gasteiger partial charge in [0.2, 0.25) is 5.91 Å². The number of amides is 1. The first-order valence-electron chi connectivity index (χ1n) is 10.0. The topological polar surface area (TPSA) is 58.4 Å². The number of carbonyl (C=O) groups excluding carboxylic acids is 1. The Bertz CT molecular complexity index is 586. The van der Waals surface area contributed by atoms with Gasteiger partial charge in [-0.1, -0.05) is 24.6 Å². The third kappa shape index (κ3) is 5.10. The second-order valence-corrected chi connectivity index (χ2v) is 8.38. The summed E-state index contributed by atoms with van der Waals surface area (Å²) in [6, 6.07) is 10.9. The highest BCUT2D eigenvalue weighted by atomic mass is 35.5. The Morgan fingerprint density at radius 1 is 1.07 bits per heavy atom. The Kier molecular flexibility index (Phi) is 8.26. The number of halogens is 2. The summed E-state index contributed by atoms with van der Waals surface area (Å²) in [5.74, 6) is 2.18. The predicted molar refractivity (Wildman–Crippen MR) is 116 cm³/mol. The third-order valence-electron chi connectivity index (χ3n) is 6.76. The Morgan fingerprint density at radius 3 is 2.41 bits per heavy atom. The molecule has 2 aliphatic carbocycles. The van der Waals surface area contributed by atoms with Crippen LogP contribution in [0.5, 0.6) is 0 Å². The van der Waals surface area contributed by atoms with Crippen molar-refractivity contribution >= 4 is 36.4 Å². The average molecular weight is 414 g/mol. The van der Waals surface area contributed by atoms with Gasteiger partial charge in [0.15, 0.2) is 0 Å². The van der Waals surface area contributed by atoms with Gasteiger partial charge in [-0.25, -0.2) is 0 Å². The summed E-state index contributed by atoms with van der Waals surface area (Å²) in [5, 5.41) is 3.26. The fraction of sp³-hybridized carbons (Fsp3) is 0.667. The zero-order valence-electron chi connectivity index (χ0n) is 15.9. The van der Waals surface area contributed by atoms with Crippen molar-refractivity contribution in [1.29, 1.82) is 0 Å². The molecule has 6 heteroatoms. The van der Waals surface area contributed by atoms with Crippen molar-refractivity contribution in [3.05, 3.63) is 30.3 Å². The maximum Gasteiger partial charge on any atom is 0.223 e. The molecule has 0 spiro atoms. The largest absolute Gasteiger partial charge is 0.371 e. The summed E-state index contributed by atoms with van der Waals surface area (Å²) in [4.78, 5) is 15.1. The molecule has 1 aromatic carbocycles. The van der Waals surface area contributed by atoms with Gasteiger partial charge in [0.1, 0.15) is 0 Å². The van der Waals surface area contributed by atoms with E-state index in [4.69, 9.17) is 5.73 Å². The van der Waals surface area contributed by atoms with Gasteiger partial charge in [-0.15, -0.1) is 24.8 Å². The number of benzene rings is 1. The van der Waals surface area contributed by atoms with E-state index in [1.54, 1.807) is 0 Å². The minimum Gasteiger partial charge on any atom is -0.371 e. The van der Waals surface area contributed by atoms with Gasteiger partial charge in [-0.05, 0) is 62.0 Å². The molecule has 3 N–H and O–H groups in total. The van der Waals surface area contributed by atoms with Gasteiger partial charge in [0, 0.05) is 37.3 Å². The smallest absolute Gasteiger partial charge is 0.223 e. The number of nitrogens with one attached hydrogen (secondary N) is 1. The Hall–Kier alpha value is -0.970. The van der Waals surface area contributed by atoms with Crippen LogP contribution in [-0.2, 0) is 4.79 Å². The van der Waals surface area contributed by atoms with E-state index >= 15 is 0 Å². The van der Waals surface area contributed by atoms with Crippen molar-refractivity contribution in [1.82, 2.24) is 5.32 Å². The molecule has 1 aliphatic heterocycles. The molecule has 2 saturated carbocycles. The lowest BCUT2D eigenvalue weighted by molar-refractivity contribution is -0.128. The van der Waals surface area contributed by atoms with Gasteiger partial charge < -0.3 is 16.0 Å². The monoisotopic (exact) mass is 413 g/mol. The van der Waals surface area contributed by atoms with Crippen molar-refractivity contribution in [3.8, 4) is 0 Å². The molecule has 3 aliphatic rings. The second kappa shape index (κ2) is 9.99. The first kappa shape index (κ1) is 22.3. The zero-order valence-corrected chi connectivity index (χ0v) is 17.5. The average Bonchev–Trinajstić information content (AvgIpc) is 3.09. The number of hydrogen-bond donors (Lipinski definition) is 2. The highest BCUT2D eigenvalue weighted by Gasteiger charge is 2.40. The quantitative estimate of drug-likeness (QED) is 0.791. The molecule has 1 amide bonds. The molecule has 0 radical (unpaired) electrons. The van der Waals surface area contributed by atoms with Crippen molar-refractivity contribution in [2.45, 2.75) is 44.6 Å². The summed E-state index contributed by atoms with van der Waals surface area (Å²) in [6.45, 7) is 2.96. The first-order valence-corrected chi connectivity index (χ1v) is 10.0. The number of carbonyl (C=O) groups is 1. The molecule has 3 fully saturated rings. The van der Waals surface area contributed by atoms with Crippen LogP contribution in [0.25, 0.3) is 0 Å². The highest BCUT2D eigenvalue weighted by molar-refractivity contribution is 5.85.